The number of H-pyrrole nitrogens is 2. The number of alkyl halides is 1. The highest BCUT2D eigenvalue weighted by Gasteiger charge is 2.53. The Bertz CT molecular complexity index is 4880. The van der Waals surface area contributed by atoms with Crippen molar-refractivity contribution in [3.8, 4) is 0 Å². The number of aromatic nitrogens is 4. The molecule has 87 heavy (non-hydrogen) atoms. The standard InChI is InChI=1S/C37H32F3N3O6.C26H18F2N4O6/c1-37(2,3)17-6-4-16(5-7-17)15-42-34(47)27-25-20-12-18(39)8-10-22(20)41-29(25)30-26(28(27)35(42)48)21-13-19(40)9-11-23(21)43(30)36-33(46)32(45)31(44)24(14-38)49-36;27-8-1-3-12-10(5-8)15-17-18(25(36)32(29)24(17)35)16-11-6-9(28)2-4-13(11)31(20(16)19(15)30-12)26-22(34)23-21(33)14(38-26)7-37-23/h4-13,24,31-33,36,41,44-46H,14-15H2,1-3H3;1-6,14,21-23,26,30,33-34H,7,29H2/t24-,31-,32+,33-,36-;14?,21-,22-,23?,26-/m11/s1. The Morgan fingerprint density at radius 1 is 0.552 bits per heavy atom. The second-order valence-electron chi connectivity index (χ2n) is 23.8. The highest BCUT2D eigenvalue weighted by molar-refractivity contribution is 6.40. The topological polar surface area (TPSA) is 271 Å². The van der Waals surface area contributed by atoms with Crippen LogP contribution >= 0.6 is 0 Å². The third-order valence-corrected chi connectivity index (χ3v) is 17.8. The van der Waals surface area contributed by atoms with Gasteiger partial charge in [-0.25, -0.2) is 32.8 Å². The van der Waals surface area contributed by atoms with Gasteiger partial charge in [0.25, 0.3) is 23.6 Å². The van der Waals surface area contributed by atoms with Crippen molar-refractivity contribution in [1.29, 1.82) is 0 Å². The Morgan fingerprint density at radius 3 is 1.52 bits per heavy atom. The van der Waals surface area contributed by atoms with Crippen molar-refractivity contribution >= 4 is 111 Å². The van der Waals surface area contributed by atoms with E-state index in [1.54, 1.807) is 4.57 Å². The van der Waals surface area contributed by atoms with E-state index in [9.17, 15) is 62.3 Å². The lowest BCUT2D eigenvalue weighted by Gasteiger charge is -2.40. The molecule has 0 radical (unpaired) electrons. The van der Waals surface area contributed by atoms with Crippen molar-refractivity contribution in [2.24, 2.45) is 5.84 Å². The van der Waals surface area contributed by atoms with Crippen molar-refractivity contribution in [2.75, 3.05) is 13.3 Å². The van der Waals surface area contributed by atoms with E-state index in [-0.39, 0.29) is 89.7 Å². The summed E-state index contributed by atoms with van der Waals surface area (Å²) >= 11 is 0. The molecule has 3 saturated heterocycles. The van der Waals surface area contributed by atoms with Crippen LogP contribution in [0.25, 0.3) is 87.2 Å². The molecule has 444 valence electrons. The molecule has 5 aliphatic heterocycles. The average molecular weight is 1190 g/mol. The molecule has 5 aliphatic rings. The van der Waals surface area contributed by atoms with Crippen LogP contribution in [0.3, 0.4) is 0 Å². The van der Waals surface area contributed by atoms with Gasteiger partial charge in [0.15, 0.2) is 12.5 Å². The van der Waals surface area contributed by atoms with Crippen LogP contribution < -0.4 is 5.84 Å². The van der Waals surface area contributed by atoms with E-state index in [2.05, 4.69) is 30.7 Å². The molecule has 24 heteroatoms. The fourth-order valence-electron chi connectivity index (χ4n) is 13.7. The summed E-state index contributed by atoms with van der Waals surface area (Å²) in [5.74, 6) is 0.612. The number of halogens is 5. The third kappa shape index (κ3) is 7.72. The Kier molecular flexibility index (Phi) is 12.1. The number of fused-ring (bicyclic) bond motifs is 22. The SMILES string of the molecule is CC(C)(C)c1ccc(CN2C(=O)c3c(c4c5cc(F)ccc5n([C@@H]5O[C@H](CF)[C@@H](O)[C@H](O)[C@H]5O)c4c4[nH]c5ccc(F)cc5c34)C2=O)cc1.NN1C(=O)c2c(c3c4cc(F)ccc4n([C@@H]4OC5COC([C@@H]5O)[C@H]4O)c3c3[nH]c4ccc(F)cc4c23)C1=O. The predicted octanol–water partition coefficient (Wildman–Crippen LogP) is 7.95. The molecule has 4 aromatic heterocycles. The summed E-state index contributed by atoms with van der Waals surface area (Å²) in [6.07, 6.45) is -13.6. The molecular weight excluding hydrogens is 1140 g/mol. The van der Waals surface area contributed by atoms with E-state index < -0.39 is 115 Å². The van der Waals surface area contributed by atoms with Gasteiger partial charge >= 0.3 is 0 Å². The van der Waals surface area contributed by atoms with Gasteiger partial charge in [0.2, 0.25) is 0 Å². The van der Waals surface area contributed by atoms with Crippen LogP contribution in [0.15, 0.2) is 97.1 Å². The van der Waals surface area contributed by atoms with Crippen LogP contribution in [0.5, 0.6) is 0 Å². The number of aliphatic hydroxyl groups excluding tert-OH is 5. The molecule has 7 aromatic carbocycles. The first kappa shape index (κ1) is 54.9. The minimum atomic E-state index is -1.82. The number of nitrogens with two attached hydrogens (primary N) is 1. The van der Waals surface area contributed by atoms with Crippen molar-refractivity contribution in [1.82, 2.24) is 29.0 Å². The predicted molar refractivity (Wildman–Crippen MR) is 305 cm³/mol. The van der Waals surface area contributed by atoms with Gasteiger partial charge in [0.1, 0.15) is 78.8 Å². The van der Waals surface area contributed by atoms with Crippen LogP contribution in [0.4, 0.5) is 22.0 Å². The minimum Gasteiger partial charge on any atom is -0.387 e. The first-order valence-electron chi connectivity index (χ1n) is 27.8. The maximum atomic E-state index is 15.0. The number of rotatable bonds is 5. The zero-order valence-corrected chi connectivity index (χ0v) is 46.0. The van der Waals surface area contributed by atoms with Gasteiger partial charge in [0.05, 0.1) is 68.5 Å². The van der Waals surface area contributed by atoms with E-state index in [1.165, 1.54) is 71.3 Å². The molecule has 0 saturated carbocycles. The number of benzene rings is 7. The Hall–Kier alpha value is -8.69. The molecule has 0 aliphatic carbocycles. The number of hydrogen-bond donors (Lipinski definition) is 8. The van der Waals surface area contributed by atoms with Gasteiger partial charge in [-0.05, 0) is 89.3 Å². The fourth-order valence-corrected chi connectivity index (χ4v) is 13.7. The molecule has 10 atom stereocenters. The number of hydrogen-bond acceptors (Lipinski definition) is 13. The van der Waals surface area contributed by atoms with Crippen molar-refractivity contribution in [2.45, 2.75) is 94.0 Å². The summed E-state index contributed by atoms with van der Waals surface area (Å²) in [6, 6.07) is 23.2. The highest BCUT2D eigenvalue weighted by atomic mass is 19.1. The smallest absolute Gasteiger partial charge is 0.276 e. The van der Waals surface area contributed by atoms with Crippen LogP contribution in [0.2, 0.25) is 0 Å². The van der Waals surface area contributed by atoms with Gasteiger partial charge in [-0.2, -0.15) is 0 Å². The lowest BCUT2D eigenvalue weighted by Crippen LogP contribution is -2.56. The lowest BCUT2D eigenvalue weighted by atomic mass is 9.87. The number of amides is 4. The summed E-state index contributed by atoms with van der Waals surface area (Å²) in [6.45, 7) is 5.02. The van der Waals surface area contributed by atoms with Gasteiger partial charge in [0, 0.05) is 54.1 Å². The van der Waals surface area contributed by atoms with E-state index in [0.29, 0.717) is 48.9 Å². The molecule has 11 aromatic rings. The van der Waals surface area contributed by atoms with Gasteiger partial charge in [-0.1, -0.05) is 45.0 Å². The number of nitrogens with one attached hydrogen (secondary N) is 2. The Balaban J connectivity index is 0.000000151. The van der Waals surface area contributed by atoms with Crippen molar-refractivity contribution < 1.29 is 80.9 Å². The van der Waals surface area contributed by atoms with Crippen LogP contribution in [-0.4, -0.2) is 140 Å². The molecule has 0 spiro atoms. The first-order valence-corrected chi connectivity index (χ1v) is 27.8. The third-order valence-electron chi connectivity index (χ3n) is 17.8. The largest absolute Gasteiger partial charge is 0.387 e. The quantitative estimate of drug-likeness (QED) is 0.0352. The average Bonchev–Trinajstić information content (AvgIpc) is 1.53. The normalized spacial score (nSPS) is 24.9. The zero-order valence-electron chi connectivity index (χ0n) is 46.0. The highest BCUT2D eigenvalue weighted by Crippen LogP contribution is 2.50. The number of imide groups is 2. The number of ether oxygens (including phenoxy) is 3. The monoisotopic (exact) mass is 1190 g/mol. The van der Waals surface area contributed by atoms with Crippen molar-refractivity contribution in [3.63, 3.8) is 0 Å². The maximum absolute atomic E-state index is 15.0. The molecule has 3 fully saturated rings. The number of aliphatic hydroxyl groups is 5. The first-order chi connectivity index (χ1) is 41.6. The minimum absolute atomic E-state index is 0.00109. The second kappa shape index (κ2) is 19.2. The van der Waals surface area contributed by atoms with E-state index in [4.69, 9.17) is 20.1 Å². The molecular formula is C63H50F5N7O12. The summed E-state index contributed by atoms with van der Waals surface area (Å²) in [4.78, 5) is 63.1. The maximum Gasteiger partial charge on any atom is 0.276 e. The Labute approximate surface area is 486 Å². The molecule has 9 heterocycles. The van der Waals surface area contributed by atoms with E-state index in [1.807, 2.05) is 24.3 Å². The molecule has 4 amide bonds. The van der Waals surface area contributed by atoms with Gasteiger partial charge in [-0.15, -0.1) is 0 Å². The number of hydrazine groups is 1. The zero-order chi connectivity index (χ0) is 60.9. The number of carbonyl (C=O) groups is 4. The second-order valence-corrected chi connectivity index (χ2v) is 23.8. The summed E-state index contributed by atoms with van der Waals surface area (Å²) in [5.41, 5.74) is 4.16. The number of carbonyl (C=O) groups excluding carboxylic acids is 4. The number of nitrogens with zero attached hydrogens (tertiary/aromatic N) is 4. The summed E-state index contributed by atoms with van der Waals surface area (Å²) < 4.78 is 93.5. The van der Waals surface area contributed by atoms with Gasteiger partial charge in [-0.3, -0.25) is 24.1 Å². The van der Waals surface area contributed by atoms with Crippen LogP contribution in [0, 0.1) is 23.3 Å². The van der Waals surface area contributed by atoms with Crippen LogP contribution in [0.1, 0.15) is 85.8 Å². The van der Waals surface area contributed by atoms with E-state index >= 15 is 4.39 Å². The van der Waals surface area contributed by atoms with Crippen LogP contribution in [-0.2, 0) is 26.2 Å². The molecule has 16 rings (SSSR count). The molecule has 19 nitrogen and oxygen atoms in total. The lowest BCUT2D eigenvalue weighted by molar-refractivity contribution is -0.245. The fraction of sp³-hybridized carbons (Fsp3) is 0.270. The molecule has 2 unspecified atom stereocenters. The number of aromatic amines is 2. The molecule has 2 bridgehead atoms. The summed E-state index contributed by atoms with van der Waals surface area (Å²) in [7, 11) is 0. The van der Waals surface area contributed by atoms with Crippen molar-refractivity contribution in [3.05, 3.63) is 154 Å². The summed E-state index contributed by atoms with van der Waals surface area (Å²) in [5, 5.41) is 56.6. The van der Waals surface area contributed by atoms with Gasteiger partial charge < -0.3 is 58.8 Å². The molecule has 9 N–H and O–H groups in total. The van der Waals surface area contributed by atoms with E-state index in [0.717, 1.165) is 16.5 Å². The Morgan fingerprint density at radius 2 is 1.01 bits per heavy atom.